The Kier molecular flexibility index (Phi) is 8.28. The fraction of sp³-hybridized carbons (Fsp3) is 0.654. The summed E-state index contributed by atoms with van der Waals surface area (Å²) in [5, 5.41) is 14.0. The molecule has 0 radical (unpaired) electrons. The number of benzene rings is 1. The van der Waals surface area contributed by atoms with Gasteiger partial charge in [-0.2, -0.15) is 0 Å². The molecule has 1 amide bonds. The molecule has 2 aromatic rings. The van der Waals surface area contributed by atoms with Crippen molar-refractivity contribution in [3.05, 3.63) is 30.0 Å². The second-order valence-corrected chi connectivity index (χ2v) is 10.1. The molecular formula is C26H40N4O3. The monoisotopic (exact) mass is 456 g/mol. The van der Waals surface area contributed by atoms with Crippen molar-refractivity contribution in [2.75, 3.05) is 45.9 Å². The van der Waals surface area contributed by atoms with Crippen LogP contribution < -0.4 is 10.1 Å². The molecule has 0 saturated carbocycles. The molecule has 0 spiro atoms. The highest BCUT2D eigenvalue weighted by Crippen LogP contribution is 2.27. The van der Waals surface area contributed by atoms with Crippen LogP contribution in [-0.2, 0) is 0 Å². The van der Waals surface area contributed by atoms with Gasteiger partial charge in [0.1, 0.15) is 11.4 Å². The zero-order valence-corrected chi connectivity index (χ0v) is 20.2. The number of aliphatic hydroxyl groups is 1. The summed E-state index contributed by atoms with van der Waals surface area (Å²) >= 11 is 0. The Morgan fingerprint density at radius 3 is 2.61 bits per heavy atom. The van der Waals surface area contributed by atoms with Gasteiger partial charge in [0.15, 0.2) is 0 Å². The van der Waals surface area contributed by atoms with Gasteiger partial charge in [-0.3, -0.25) is 4.79 Å². The number of carbonyl (C=O) groups excluding carboxylic acids is 1. The third-order valence-electron chi connectivity index (χ3n) is 6.89. The van der Waals surface area contributed by atoms with Gasteiger partial charge in [-0.05, 0) is 62.8 Å². The van der Waals surface area contributed by atoms with Crippen LogP contribution in [0.5, 0.6) is 5.75 Å². The van der Waals surface area contributed by atoms with Crippen LogP contribution in [-0.4, -0.2) is 83.8 Å². The van der Waals surface area contributed by atoms with Crippen molar-refractivity contribution in [2.24, 2.45) is 5.92 Å². The van der Waals surface area contributed by atoms with E-state index in [0.717, 1.165) is 88.0 Å². The minimum Gasteiger partial charge on any atom is -0.493 e. The van der Waals surface area contributed by atoms with Crippen LogP contribution >= 0.6 is 0 Å². The summed E-state index contributed by atoms with van der Waals surface area (Å²) in [7, 11) is 0. The molecule has 1 aromatic carbocycles. The van der Waals surface area contributed by atoms with Gasteiger partial charge in [-0.25, -0.2) is 0 Å². The Hall–Kier alpha value is -2.09. The first-order chi connectivity index (χ1) is 16.0. The highest BCUT2D eigenvalue weighted by atomic mass is 16.5. The number of aliphatic hydroxyl groups excluding tert-OH is 1. The van der Waals surface area contributed by atoms with Gasteiger partial charge in [0.2, 0.25) is 0 Å². The molecule has 3 heterocycles. The van der Waals surface area contributed by atoms with E-state index in [4.69, 9.17) is 4.74 Å². The lowest BCUT2D eigenvalue weighted by Gasteiger charge is -2.33. The zero-order valence-electron chi connectivity index (χ0n) is 20.2. The largest absolute Gasteiger partial charge is 0.493 e. The number of rotatable bonds is 8. The van der Waals surface area contributed by atoms with E-state index in [2.05, 4.69) is 33.9 Å². The van der Waals surface area contributed by atoms with Crippen LogP contribution in [0.3, 0.4) is 0 Å². The van der Waals surface area contributed by atoms with Crippen LogP contribution in [0.25, 0.3) is 10.9 Å². The van der Waals surface area contributed by atoms with Gasteiger partial charge < -0.3 is 29.9 Å². The Bertz CT molecular complexity index is 904. The van der Waals surface area contributed by atoms with E-state index < -0.39 is 0 Å². The summed E-state index contributed by atoms with van der Waals surface area (Å²) in [5.74, 6) is 1.23. The average molecular weight is 457 g/mol. The van der Waals surface area contributed by atoms with E-state index in [1.54, 1.807) is 0 Å². The predicted molar refractivity (Wildman–Crippen MR) is 132 cm³/mol. The Morgan fingerprint density at radius 2 is 1.85 bits per heavy atom. The summed E-state index contributed by atoms with van der Waals surface area (Å²) in [6.07, 6.45) is 4.76. The third-order valence-corrected chi connectivity index (χ3v) is 6.89. The summed E-state index contributed by atoms with van der Waals surface area (Å²) in [5.41, 5.74) is 1.52. The van der Waals surface area contributed by atoms with E-state index >= 15 is 0 Å². The number of aromatic nitrogens is 1. The van der Waals surface area contributed by atoms with Crippen LogP contribution in [0.1, 0.15) is 56.4 Å². The quantitative estimate of drug-likeness (QED) is 0.568. The average Bonchev–Trinajstić information content (AvgIpc) is 3.14. The van der Waals surface area contributed by atoms with E-state index in [1.165, 1.54) is 0 Å². The van der Waals surface area contributed by atoms with Crippen molar-refractivity contribution < 1.29 is 14.6 Å². The molecule has 0 aliphatic carbocycles. The number of fused-ring (bicyclic) bond motifs is 1. The smallest absolute Gasteiger partial charge is 0.267 e. The molecule has 182 valence electrons. The number of aromatic amines is 1. The highest BCUT2D eigenvalue weighted by Gasteiger charge is 2.23. The lowest BCUT2D eigenvalue weighted by atomic mass is 10.0. The molecule has 1 unspecified atom stereocenters. The van der Waals surface area contributed by atoms with Crippen molar-refractivity contribution in [2.45, 2.75) is 58.1 Å². The van der Waals surface area contributed by atoms with E-state index in [-0.39, 0.29) is 18.1 Å². The highest BCUT2D eigenvalue weighted by molar-refractivity contribution is 5.99. The molecule has 2 fully saturated rings. The molecule has 1 aromatic heterocycles. The number of H-pyrrole nitrogens is 1. The fourth-order valence-corrected chi connectivity index (χ4v) is 4.84. The summed E-state index contributed by atoms with van der Waals surface area (Å²) < 4.78 is 5.94. The van der Waals surface area contributed by atoms with Gasteiger partial charge in [0.25, 0.3) is 5.91 Å². The van der Waals surface area contributed by atoms with Crippen molar-refractivity contribution in [1.29, 1.82) is 0 Å². The second-order valence-electron chi connectivity index (χ2n) is 10.1. The van der Waals surface area contributed by atoms with Gasteiger partial charge >= 0.3 is 0 Å². The maximum absolute atomic E-state index is 12.9. The first-order valence-corrected chi connectivity index (χ1v) is 12.7. The molecule has 2 aliphatic rings. The number of amides is 1. The minimum atomic E-state index is -0.120. The van der Waals surface area contributed by atoms with E-state index in [0.29, 0.717) is 18.2 Å². The standard InChI is InChI=1S/C26H40N4O3/c1-19(2)18-33-25-7-3-6-23-22(25)17-24(28-23)26(32)27-20-8-12-30(13-9-20)16-15-29-11-4-5-21(31)10-14-29/h3,6-7,17,19-21,28,31H,4-5,8-16,18H2,1-2H3,(H,27,32). The molecule has 7 nitrogen and oxygen atoms in total. The normalized spacial score (nSPS) is 21.4. The summed E-state index contributed by atoms with van der Waals surface area (Å²) in [6.45, 7) is 11.2. The molecule has 7 heteroatoms. The lowest BCUT2D eigenvalue weighted by molar-refractivity contribution is 0.0902. The number of piperidine rings is 1. The van der Waals surface area contributed by atoms with Crippen molar-refractivity contribution in [3.63, 3.8) is 0 Å². The molecular weight excluding hydrogens is 416 g/mol. The van der Waals surface area contributed by atoms with Crippen LogP contribution in [0.2, 0.25) is 0 Å². The molecule has 33 heavy (non-hydrogen) atoms. The lowest BCUT2D eigenvalue weighted by Crippen LogP contribution is -2.46. The number of hydrogen-bond acceptors (Lipinski definition) is 5. The number of nitrogens with zero attached hydrogens (tertiary/aromatic N) is 2. The van der Waals surface area contributed by atoms with E-state index in [9.17, 15) is 9.90 Å². The van der Waals surface area contributed by atoms with Crippen molar-refractivity contribution in [3.8, 4) is 5.75 Å². The maximum atomic E-state index is 12.9. The van der Waals surface area contributed by atoms with Crippen molar-refractivity contribution >= 4 is 16.8 Å². The van der Waals surface area contributed by atoms with Gasteiger partial charge in [-0.1, -0.05) is 19.9 Å². The molecule has 0 bridgehead atoms. The third kappa shape index (κ3) is 6.71. The Morgan fingerprint density at radius 1 is 1.12 bits per heavy atom. The van der Waals surface area contributed by atoms with E-state index in [1.807, 2.05) is 24.3 Å². The Balaban J connectivity index is 1.24. The SMILES string of the molecule is CC(C)COc1cccc2[nH]c(C(=O)NC3CCN(CCN4CCCC(O)CC4)CC3)cc12. The van der Waals surface area contributed by atoms with Gasteiger partial charge in [0, 0.05) is 49.7 Å². The first kappa shape index (κ1) is 24.0. The maximum Gasteiger partial charge on any atom is 0.267 e. The molecule has 4 rings (SSSR count). The van der Waals surface area contributed by atoms with Gasteiger partial charge in [0.05, 0.1) is 12.7 Å². The zero-order chi connectivity index (χ0) is 23.2. The molecule has 3 N–H and O–H groups in total. The molecule has 2 saturated heterocycles. The number of likely N-dealkylation sites (tertiary alicyclic amines) is 2. The summed E-state index contributed by atoms with van der Waals surface area (Å²) in [4.78, 5) is 21.2. The van der Waals surface area contributed by atoms with Crippen molar-refractivity contribution in [1.82, 2.24) is 20.1 Å². The first-order valence-electron chi connectivity index (χ1n) is 12.7. The molecule has 2 aliphatic heterocycles. The number of ether oxygens (including phenoxy) is 1. The predicted octanol–water partition coefficient (Wildman–Crippen LogP) is 3.24. The van der Waals surface area contributed by atoms with Gasteiger partial charge in [-0.15, -0.1) is 0 Å². The minimum absolute atomic E-state index is 0.0393. The second kappa shape index (κ2) is 11.4. The topological polar surface area (TPSA) is 80.8 Å². The fourth-order valence-electron chi connectivity index (χ4n) is 4.84. The summed E-state index contributed by atoms with van der Waals surface area (Å²) in [6, 6.07) is 8.03. The van der Waals surface area contributed by atoms with Crippen LogP contribution in [0.4, 0.5) is 0 Å². The number of hydrogen-bond donors (Lipinski definition) is 3. The number of nitrogens with one attached hydrogen (secondary N) is 2. The number of carbonyl (C=O) groups is 1. The van der Waals surface area contributed by atoms with Crippen LogP contribution in [0, 0.1) is 5.92 Å². The molecule has 1 atom stereocenters. The van der Waals surface area contributed by atoms with Crippen LogP contribution in [0.15, 0.2) is 24.3 Å². The Labute approximate surface area is 197 Å².